The van der Waals surface area contributed by atoms with Crippen molar-refractivity contribution in [2.45, 2.75) is 38.0 Å². The van der Waals surface area contributed by atoms with Crippen LogP contribution in [0.1, 0.15) is 30.0 Å². The first-order valence-corrected chi connectivity index (χ1v) is 10.6. The average molecular weight is 395 g/mol. The Morgan fingerprint density at radius 3 is 2.54 bits per heavy atom. The van der Waals surface area contributed by atoms with Gasteiger partial charge in [-0.05, 0) is 49.9 Å². The Bertz CT molecular complexity index is 870. The Kier molecular flexibility index (Phi) is 7.10. The summed E-state index contributed by atoms with van der Waals surface area (Å²) < 4.78 is 15.4. The highest BCUT2D eigenvalue weighted by Crippen LogP contribution is 2.32. The van der Waals surface area contributed by atoms with E-state index >= 15 is 0 Å². The lowest BCUT2D eigenvalue weighted by Crippen LogP contribution is -2.28. The Balaban J connectivity index is 1.61. The van der Waals surface area contributed by atoms with Gasteiger partial charge in [0, 0.05) is 29.4 Å². The van der Waals surface area contributed by atoms with Gasteiger partial charge in [-0.1, -0.05) is 54.1 Å². The van der Waals surface area contributed by atoms with E-state index in [-0.39, 0.29) is 10.6 Å². The minimum atomic E-state index is -0.180. The van der Waals surface area contributed by atoms with Gasteiger partial charge in [0.1, 0.15) is 5.82 Å². The minimum Gasteiger partial charge on any atom is -0.336 e. The molecule has 0 aliphatic rings. The van der Waals surface area contributed by atoms with Crippen molar-refractivity contribution in [1.29, 1.82) is 0 Å². The van der Waals surface area contributed by atoms with Gasteiger partial charge in [-0.3, -0.25) is 0 Å². The highest BCUT2D eigenvalue weighted by molar-refractivity contribution is 8.00. The van der Waals surface area contributed by atoms with Crippen LogP contribution < -0.4 is 0 Å². The Labute approximate surface area is 171 Å². The summed E-state index contributed by atoms with van der Waals surface area (Å²) in [5, 5.41) is 0. The maximum atomic E-state index is 13.2. The van der Waals surface area contributed by atoms with Crippen LogP contribution in [0.3, 0.4) is 0 Å². The molecule has 0 amide bonds. The minimum absolute atomic E-state index is 0.0622. The van der Waals surface area contributed by atoms with Gasteiger partial charge < -0.3 is 4.57 Å². The summed E-state index contributed by atoms with van der Waals surface area (Å²) in [6.45, 7) is 5.31. The third-order valence-corrected chi connectivity index (χ3v) is 6.24. The van der Waals surface area contributed by atoms with Crippen LogP contribution in [0.15, 0.2) is 73.3 Å². The zero-order valence-electron chi connectivity index (χ0n) is 16.5. The summed E-state index contributed by atoms with van der Waals surface area (Å²) in [7, 11) is 0. The summed E-state index contributed by atoms with van der Waals surface area (Å²) in [5.74, 6) is 0.767. The molecule has 0 saturated carbocycles. The predicted molar refractivity (Wildman–Crippen MR) is 118 cm³/mol. The number of hydrogen-bond acceptors (Lipinski definition) is 2. The van der Waals surface area contributed by atoms with Crippen molar-refractivity contribution in [1.82, 2.24) is 9.55 Å². The SMILES string of the molecule is Cc1ccc(C=CCSC(C)(CCc2ccc(F)cc2)Cn2ccnc2)cc1. The number of nitrogens with zero attached hydrogens (tertiary/aromatic N) is 2. The van der Waals surface area contributed by atoms with Crippen LogP contribution in [-0.4, -0.2) is 20.1 Å². The second-order valence-electron chi connectivity index (χ2n) is 7.44. The van der Waals surface area contributed by atoms with Crippen LogP contribution in [0.4, 0.5) is 4.39 Å². The van der Waals surface area contributed by atoms with Crippen molar-refractivity contribution < 1.29 is 4.39 Å². The summed E-state index contributed by atoms with van der Waals surface area (Å²) in [6, 6.07) is 15.4. The first kappa shape index (κ1) is 20.4. The molecular weight excluding hydrogens is 367 g/mol. The molecule has 0 radical (unpaired) electrons. The van der Waals surface area contributed by atoms with Crippen LogP contribution in [0.2, 0.25) is 0 Å². The van der Waals surface area contributed by atoms with Crippen molar-refractivity contribution in [2.75, 3.05) is 5.75 Å². The van der Waals surface area contributed by atoms with Crippen LogP contribution in [-0.2, 0) is 13.0 Å². The predicted octanol–water partition coefficient (Wildman–Crippen LogP) is 6.17. The first-order valence-electron chi connectivity index (χ1n) is 9.60. The van der Waals surface area contributed by atoms with E-state index in [0.717, 1.165) is 25.1 Å². The van der Waals surface area contributed by atoms with E-state index in [1.54, 1.807) is 12.1 Å². The van der Waals surface area contributed by atoms with Crippen molar-refractivity contribution >= 4 is 17.8 Å². The molecule has 0 N–H and O–H groups in total. The van der Waals surface area contributed by atoms with Crippen molar-refractivity contribution in [2.24, 2.45) is 0 Å². The molecule has 0 spiro atoms. The molecule has 4 heteroatoms. The molecule has 1 atom stereocenters. The number of hydrogen-bond donors (Lipinski definition) is 0. The smallest absolute Gasteiger partial charge is 0.123 e. The van der Waals surface area contributed by atoms with Gasteiger partial charge in [0.05, 0.1) is 6.33 Å². The van der Waals surface area contributed by atoms with Gasteiger partial charge in [0.2, 0.25) is 0 Å². The van der Waals surface area contributed by atoms with Gasteiger partial charge in [-0.25, -0.2) is 9.37 Å². The van der Waals surface area contributed by atoms with Crippen LogP contribution >= 0.6 is 11.8 Å². The molecule has 1 heterocycles. The second-order valence-corrected chi connectivity index (χ2v) is 9.04. The molecule has 146 valence electrons. The zero-order valence-corrected chi connectivity index (χ0v) is 17.3. The number of rotatable bonds is 9. The molecule has 28 heavy (non-hydrogen) atoms. The van der Waals surface area contributed by atoms with Gasteiger partial charge in [0.25, 0.3) is 0 Å². The highest BCUT2D eigenvalue weighted by Gasteiger charge is 2.25. The Hall–Kier alpha value is -2.33. The third-order valence-electron chi connectivity index (χ3n) is 4.85. The monoisotopic (exact) mass is 394 g/mol. The van der Waals surface area contributed by atoms with E-state index in [9.17, 15) is 4.39 Å². The van der Waals surface area contributed by atoms with E-state index in [4.69, 9.17) is 0 Å². The summed E-state index contributed by atoms with van der Waals surface area (Å²) in [5.41, 5.74) is 3.68. The lowest BCUT2D eigenvalue weighted by molar-refractivity contribution is 0.495. The molecule has 3 aromatic rings. The second kappa shape index (κ2) is 9.74. The van der Waals surface area contributed by atoms with Crippen molar-refractivity contribution in [3.05, 3.63) is 95.8 Å². The number of imidazole rings is 1. The van der Waals surface area contributed by atoms with Crippen molar-refractivity contribution in [3.8, 4) is 0 Å². The van der Waals surface area contributed by atoms with Crippen molar-refractivity contribution in [3.63, 3.8) is 0 Å². The molecule has 0 saturated heterocycles. The fourth-order valence-corrected chi connectivity index (χ4v) is 4.22. The maximum absolute atomic E-state index is 13.2. The van der Waals surface area contributed by atoms with Crippen LogP contribution in [0.25, 0.3) is 6.08 Å². The molecular formula is C24H27FN2S. The number of benzene rings is 2. The van der Waals surface area contributed by atoms with Crippen LogP contribution in [0, 0.1) is 12.7 Å². The topological polar surface area (TPSA) is 17.8 Å². The van der Waals surface area contributed by atoms with E-state index in [1.807, 2.05) is 42.6 Å². The maximum Gasteiger partial charge on any atom is 0.123 e. The number of halogens is 1. The van der Waals surface area contributed by atoms with E-state index in [0.29, 0.717) is 0 Å². The van der Waals surface area contributed by atoms with Gasteiger partial charge in [-0.2, -0.15) is 0 Å². The number of aromatic nitrogens is 2. The fourth-order valence-electron chi connectivity index (χ4n) is 3.13. The molecule has 2 aromatic carbocycles. The standard InChI is InChI=1S/C24H27FN2S/c1-20-5-7-21(8-6-20)4-3-17-28-24(2,18-27-16-15-26-19-27)14-13-22-9-11-23(25)12-10-22/h3-12,15-16,19H,13-14,17-18H2,1-2H3. The fraction of sp³-hybridized carbons (Fsp3) is 0.292. The highest BCUT2D eigenvalue weighted by atomic mass is 32.2. The first-order chi connectivity index (χ1) is 13.5. The molecule has 1 unspecified atom stereocenters. The molecule has 0 aliphatic carbocycles. The summed E-state index contributed by atoms with van der Waals surface area (Å²) in [6.07, 6.45) is 12.1. The van der Waals surface area contributed by atoms with Gasteiger partial charge in [0.15, 0.2) is 0 Å². The number of thioether (sulfide) groups is 1. The normalized spacial score (nSPS) is 13.7. The van der Waals surface area contributed by atoms with E-state index in [2.05, 4.69) is 59.8 Å². The lowest BCUT2D eigenvalue weighted by Gasteiger charge is -2.29. The molecule has 3 rings (SSSR count). The molecule has 0 aliphatic heterocycles. The summed E-state index contributed by atoms with van der Waals surface area (Å²) in [4.78, 5) is 4.18. The Morgan fingerprint density at radius 1 is 1.11 bits per heavy atom. The van der Waals surface area contributed by atoms with Crippen LogP contribution in [0.5, 0.6) is 0 Å². The zero-order chi connectivity index (χ0) is 19.8. The van der Waals surface area contributed by atoms with E-state index in [1.165, 1.54) is 16.7 Å². The third kappa shape index (κ3) is 6.38. The molecule has 0 fully saturated rings. The lowest BCUT2D eigenvalue weighted by atomic mass is 10.00. The van der Waals surface area contributed by atoms with E-state index < -0.39 is 0 Å². The number of aryl methyl sites for hydroxylation is 2. The average Bonchev–Trinajstić information content (AvgIpc) is 3.19. The van der Waals surface area contributed by atoms with Gasteiger partial charge >= 0.3 is 0 Å². The molecule has 1 aromatic heterocycles. The molecule has 2 nitrogen and oxygen atoms in total. The molecule has 0 bridgehead atoms. The Morgan fingerprint density at radius 2 is 1.86 bits per heavy atom. The largest absolute Gasteiger partial charge is 0.336 e. The quantitative estimate of drug-likeness (QED) is 0.432. The van der Waals surface area contributed by atoms with Gasteiger partial charge in [-0.15, -0.1) is 11.8 Å². The summed E-state index contributed by atoms with van der Waals surface area (Å²) >= 11 is 1.96.